The van der Waals surface area contributed by atoms with Gasteiger partial charge in [-0.15, -0.1) is 10.2 Å². The molecule has 1 saturated carbocycles. The summed E-state index contributed by atoms with van der Waals surface area (Å²) in [7, 11) is 1.98. The van der Waals surface area contributed by atoms with E-state index >= 15 is 0 Å². The van der Waals surface area contributed by atoms with Gasteiger partial charge in [-0.2, -0.15) is 0 Å². The number of hydrogen-bond acceptors (Lipinski definition) is 4. The second kappa shape index (κ2) is 5.53. The number of aromatic amines is 1. The number of benzene rings is 1. The highest BCUT2D eigenvalue weighted by Crippen LogP contribution is 2.40. The zero-order valence-corrected chi connectivity index (χ0v) is 13.9. The molecule has 0 bridgehead atoms. The summed E-state index contributed by atoms with van der Waals surface area (Å²) >= 11 is 1.48. The Kier molecular flexibility index (Phi) is 3.49. The highest BCUT2D eigenvalue weighted by Gasteiger charge is 2.30. The van der Waals surface area contributed by atoms with Gasteiger partial charge in [0.1, 0.15) is 5.82 Å². The molecule has 1 atom stereocenters. The quantitative estimate of drug-likeness (QED) is 0.575. The molecule has 23 heavy (non-hydrogen) atoms. The zero-order valence-electron chi connectivity index (χ0n) is 13.1. The van der Waals surface area contributed by atoms with Crippen LogP contribution < -0.4 is 0 Å². The van der Waals surface area contributed by atoms with Crippen molar-refractivity contribution < 1.29 is 4.79 Å². The molecule has 2 heterocycles. The Morgan fingerprint density at radius 3 is 2.91 bits per heavy atom. The summed E-state index contributed by atoms with van der Waals surface area (Å²) in [6, 6.07) is 7.87. The van der Waals surface area contributed by atoms with Crippen molar-refractivity contribution in [2.75, 3.05) is 0 Å². The van der Waals surface area contributed by atoms with Crippen LogP contribution in [0.3, 0.4) is 0 Å². The summed E-state index contributed by atoms with van der Waals surface area (Å²) < 4.78 is 2.03. The Hall–Kier alpha value is -2.08. The van der Waals surface area contributed by atoms with Gasteiger partial charge in [-0.3, -0.25) is 4.79 Å². The molecule has 1 fully saturated rings. The van der Waals surface area contributed by atoms with Crippen LogP contribution in [0.4, 0.5) is 0 Å². The third-order valence-electron chi connectivity index (χ3n) is 4.32. The number of nitrogens with one attached hydrogen (secondary N) is 1. The smallest absolute Gasteiger partial charge is 0.191 e. The van der Waals surface area contributed by atoms with Crippen molar-refractivity contribution in [3.63, 3.8) is 0 Å². The van der Waals surface area contributed by atoms with Gasteiger partial charge in [0, 0.05) is 35.6 Å². The second-order valence-electron chi connectivity index (χ2n) is 6.05. The van der Waals surface area contributed by atoms with E-state index in [1.54, 1.807) is 6.20 Å². The molecule has 0 unspecified atom stereocenters. The number of thioether (sulfide) groups is 1. The van der Waals surface area contributed by atoms with Gasteiger partial charge in [-0.1, -0.05) is 30.0 Å². The van der Waals surface area contributed by atoms with Crippen molar-refractivity contribution in [1.82, 2.24) is 19.7 Å². The minimum Gasteiger partial charge on any atom is -0.360 e. The number of hydrogen-bond donors (Lipinski definition) is 1. The summed E-state index contributed by atoms with van der Waals surface area (Å²) in [5, 5.41) is 10.1. The minimum absolute atomic E-state index is 0.114. The predicted molar refractivity (Wildman–Crippen MR) is 90.9 cm³/mol. The minimum atomic E-state index is -0.204. The number of carbonyl (C=O) groups is 1. The predicted octanol–water partition coefficient (Wildman–Crippen LogP) is 3.54. The van der Waals surface area contributed by atoms with Crippen molar-refractivity contribution in [3.05, 3.63) is 41.9 Å². The molecule has 3 aromatic rings. The van der Waals surface area contributed by atoms with Crippen LogP contribution >= 0.6 is 11.8 Å². The summed E-state index contributed by atoms with van der Waals surface area (Å²) in [6.45, 7) is 1.93. The van der Waals surface area contributed by atoms with E-state index < -0.39 is 0 Å². The Balaban J connectivity index is 1.56. The molecule has 2 aromatic heterocycles. The van der Waals surface area contributed by atoms with E-state index in [0.717, 1.165) is 27.4 Å². The van der Waals surface area contributed by atoms with Crippen molar-refractivity contribution in [1.29, 1.82) is 0 Å². The van der Waals surface area contributed by atoms with Crippen LogP contribution in [-0.2, 0) is 7.05 Å². The summed E-state index contributed by atoms with van der Waals surface area (Å²) in [5.74, 6) is 1.71. The molecule has 1 aliphatic rings. The highest BCUT2D eigenvalue weighted by molar-refractivity contribution is 8.00. The fraction of sp³-hybridized carbons (Fsp3) is 0.353. The summed E-state index contributed by atoms with van der Waals surface area (Å²) in [4.78, 5) is 16.0. The Morgan fingerprint density at radius 2 is 2.13 bits per heavy atom. The van der Waals surface area contributed by atoms with E-state index in [4.69, 9.17) is 0 Å². The first-order valence-electron chi connectivity index (χ1n) is 7.81. The number of para-hydroxylation sites is 1. The second-order valence-corrected chi connectivity index (χ2v) is 7.35. The topological polar surface area (TPSA) is 63.6 Å². The molecule has 118 valence electrons. The maximum atomic E-state index is 12.8. The lowest BCUT2D eigenvalue weighted by Crippen LogP contribution is -2.14. The molecular weight excluding hydrogens is 308 g/mol. The molecule has 6 heteroatoms. The first-order valence-corrected chi connectivity index (χ1v) is 8.69. The Labute approximate surface area is 138 Å². The maximum absolute atomic E-state index is 12.8. The lowest BCUT2D eigenvalue weighted by Gasteiger charge is -2.09. The summed E-state index contributed by atoms with van der Waals surface area (Å²) in [5.41, 5.74) is 1.73. The van der Waals surface area contributed by atoms with Crippen LogP contribution in [0, 0.1) is 0 Å². The number of carbonyl (C=O) groups excluding carboxylic acids is 1. The molecular formula is C17H18N4OS. The number of rotatable bonds is 5. The molecule has 1 aliphatic carbocycles. The molecule has 0 radical (unpaired) electrons. The Morgan fingerprint density at radius 1 is 1.35 bits per heavy atom. The lowest BCUT2D eigenvalue weighted by molar-refractivity contribution is 0.0995. The van der Waals surface area contributed by atoms with Gasteiger partial charge in [0.25, 0.3) is 0 Å². The largest absolute Gasteiger partial charge is 0.360 e. The monoisotopic (exact) mass is 326 g/mol. The van der Waals surface area contributed by atoms with Gasteiger partial charge < -0.3 is 9.55 Å². The van der Waals surface area contributed by atoms with E-state index in [9.17, 15) is 4.79 Å². The van der Waals surface area contributed by atoms with Crippen molar-refractivity contribution in [2.24, 2.45) is 7.05 Å². The maximum Gasteiger partial charge on any atom is 0.191 e. The molecule has 0 spiro atoms. The van der Waals surface area contributed by atoms with E-state index in [1.165, 1.54) is 24.6 Å². The number of H-pyrrole nitrogens is 1. The lowest BCUT2D eigenvalue weighted by atomic mass is 10.1. The molecule has 1 N–H and O–H groups in total. The van der Waals surface area contributed by atoms with Crippen LogP contribution in [0.2, 0.25) is 0 Å². The molecule has 0 aliphatic heterocycles. The van der Waals surface area contributed by atoms with Gasteiger partial charge in [-0.25, -0.2) is 0 Å². The average molecular weight is 326 g/mol. The number of aromatic nitrogens is 4. The van der Waals surface area contributed by atoms with Crippen LogP contribution in [-0.4, -0.2) is 30.8 Å². The van der Waals surface area contributed by atoms with Crippen LogP contribution in [0.25, 0.3) is 10.9 Å². The number of fused-ring (bicyclic) bond motifs is 1. The van der Waals surface area contributed by atoms with Gasteiger partial charge in [0.15, 0.2) is 10.9 Å². The molecule has 0 amide bonds. The first-order chi connectivity index (χ1) is 11.1. The van der Waals surface area contributed by atoms with E-state index in [-0.39, 0.29) is 11.0 Å². The van der Waals surface area contributed by atoms with Gasteiger partial charge in [0.2, 0.25) is 0 Å². The average Bonchev–Trinajstić information content (AvgIpc) is 3.21. The van der Waals surface area contributed by atoms with Gasteiger partial charge in [-0.05, 0) is 25.8 Å². The highest BCUT2D eigenvalue weighted by atomic mass is 32.2. The van der Waals surface area contributed by atoms with Crippen LogP contribution in [0.5, 0.6) is 0 Å². The van der Waals surface area contributed by atoms with E-state index in [1.807, 2.05) is 42.8 Å². The zero-order chi connectivity index (χ0) is 16.0. The van der Waals surface area contributed by atoms with Crippen molar-refractivity contribution >= 4 is 28.4 Å². The molecule has 1 aromatic carbocycles. The molecule has 5 nitrogen and oxygen atoms in total. The Bertz CT molecular complexity index is 878. The van der Waals surface area contributed by atoms with E-state index in [2.05, 4.69) is 15.2 Å². The first kappa shape index (κ1) is 14.5. The van der Waals surface area contributed by atoms with Gasteiger partial charge in [0.05, 0.1) is 5.25 Å². The summed E-state index contributed by atoms with van der Waals surface area (Å²) in [6.07, 6.45) is 4.19. The fourth-order valence-corrected chi connectivity index (χ4v) is 3.72. The normalized spacial score (nSPS) is 15.9. The third-order valence-corrected chi connectivity index (χ3v) is 5.45. The van der Waals surface area contributed by atoms with Crippen LogP contribution in [0.15, 0.2) is 35.6 Å². The molecule has 0 saturated heterocycles. The third kappa shape index (κ3) is 2.57. The SMILES string of the molecule is C[C@@H](Sc1nnc(C2CC2)n1C)C(=O)c1c[nH]c2ccccc12. The van der Waals surface area contributed by atoms with E-state index in [0.29, 0.717) is 5.92 Å². The van der Waals surface area contributed by atoms with Gasteiger partial charge >= 0.3 is 0 Å². The van der Waals surface area contributed by atoms with Crippen molar-refractivity contribution in [2.45, 2.75) is 36.1 Å². The standard InChI is InChI=1S/C17H18N4OS/c1-10(23-17-20-19-16(21(17)2)11-7-8-11)15(22)13-9-18-14-6-4-3-5-12(13)14/h3-6,9-11,18H,7-8H2,1-2H3/t10-/m1/s1. The number of nitrogens with zero attached hydrogens (tertiary/aromatic N) is 3. The molecule has 4 rings (SSSR count). The number of Topliss-reactive ketones (excluding diaryl/α,β-unsaturated/α-hetero) is 1. The fourth-order valence-electron chi connectivity index (χ4n) is 2.83. The van der Waals surface area contributed by atoms with Crippen molar-refractivity contribution in [3.8, 4) is 0 Å². The van der Waals surface area contributed by atoms with Crippen LogP contribution in [0.1, 0.15) is 41.9 Å². The number of ketones is 1.